The van der Waals surface area contributed by atoms with Gasteiger partial charge >= 0.3 is 6.18 Å². The Bertz CT molecular complexity index is 1840. The Morgan fingerprint density at radius 3 is 2.22 bits per heavy atom. The quantitative estimate of drug-likeness (QED) is 0.159. The topological polar surface area (TPSA) is 133 Å². The van der Waals surface area contributed by atoms with E-state index in [4.69, 9.17) is 0 Å². The number of aromatic nitrogens is 2. The van der Waals surface area contributed by atoms with Crippen molar-refractivity contribution in [1.82, 2.24) is 20.6 Å². The fraction of sp³-hybridized carbons (Fsp3) is 0.219. The van der Waals surface area contributed by atoms with E-state index in [2.05, 4.69) is 25.9 Å². The van der Waals surface area contributed by atoms with E-state index in [1.165, 1.54) is 38.4 Å². The molecule has 234 valence electrons. The molecule has 0 saturated heterocycles. The van der Waals surface area contributed by atoms with Crippen molar-refractivity contribution < 1.29 is 31.9 Å². The van der Waals surface area contributed by atoms with Gasteiger partial charge in [0.25, 0.3) is 11.5 Å². The van der Waals surface area contributed by atoms with Crippen LogP contribution in [0.3, 0.4) is 0 Å². The summed E-state index contributed by atoms with van der Waals surface area (Å²) in [5.74, 6) is -2.77. The lowest BCUT2D eigenvalue weighted by Crippen LogP contribution is -2.37. The Hall–Kier alpha value is -5.17. The number of hydrogen-bond donors (Lipinski definition) is 4. The number of amides is 2. The van der Waals surface area contributed by atoms with Crippen molar-refractivity contribution in [2.45, 2.75) is 32.5 Å². The number of nitrogens with zero attached hydrogens (tertiary/aromatic N) is 1. The third-order valence-corrected chi connectivity index (χ3v) is 7.11. The molecule has 1 aromatic heterocycles. The Morgan fingerprint density at radius 2 is 1.60 bits per heavy atom. The predicted octanol–water partition coefficient (Wildman–Crippen LogP) is 4.63. The SMILES string of the molecule is CNC(=O)c1ccc(C)c(-c2[nH]c(=O)c(NC(=O)[C@H](C)NC)nc2Cc2cc(C(=O)c3ccc(F)cc3)cc(C(F)(F)F)c2)c1. The smallest absolute Gasteiger partial charge is 0.355 e. The molecule has 3 aromatic carbocycles. The number of hydrogen-bond acceptors (Lipinski definition) is 6. The number of aromatic amines is 1. The maximum absolute atomic E-state index is 14.0. The molecular formula is C32H29F4N5O4. The van der Waals surface area contributed by atoms with Crippen molar-refractivity contribution in [2.24, 2.45) is 0 Å². The van der Waals surface area contributed by atoms with Crippen LogP contribution in [-0.2, 0) is 17.4 Å². The predicted molar refractivity (Wildman–Crippen MR) is 160 cm³/mol. The molecule has 4 rings (SSSR count). The molecule has 13 heteroatoms. The molecule has 0 bridgehead atoms. The highest BCUT2D eigenvalue weighted by atomic mass is 19.4. The molecule has 0 spiro atoms. The van der Waals surface area contributed by atoms with Crippen LogP contribution in [0.1, 0.15) is 55.6 Å². The summed E-state index contributed by atoms with van der Waals surface area (Å²) in [6.45, 7) is 3.26. The lowest BCUT2D eigenvalue weighted by Gasteiger charge is -2.17. The van der Waals surface area contributed by atoms with Gasteiger partial charge in [0, 0.05) is 35.7 Å². The average Bonchev–Trinajstić information content (AvgIpc) is 3.01. The van der Waals surface area contributed by atoms with Gasteiger partial charge in [-0.05, 0) is 86.6 Å². The summed E-state index contributed by atoms with van der Waals surface area (Å²) in [6, 6.07) is 11.2. The maximum atomic E-state index is 14.0. The summed E-state index contributed by atoms with van der Waals surface area (Å²) in [5.41, 5.74) is -0.817. The Morgan fingerprint density at radius 1 is 0.933 bits per heavy atom. The van der Waals surface area contributed by atoms with Crippen LogP contribution in [0.15, 0.2) is 65.5 Å². The highest BCUT2D eigenvalue weighted by Crippen LogP contribution is 2.33. The number of nitrogens with one attached hydrogen (secondary N) is 4. The first-order valence-corrected chi connectivity index (χ1v) is 13.7. The fourth-order valence-corrected chi connectivity index (χ4v) is 4.50. The van der Waals surface area contributed by atoms with Crippen LogP contribution in [0.4, 0.5) is 23.4 Å². The second-order valence-corrected chi connectivity index (χ2v) is 10.3. The number of halogens is 4. The largest absolute Gasteiger partial charge is 0.416 e. The van der Waals surface area contributed by atoms with Crippen molar-refractivity contribution in [2.75, 3.05) is 19.4 Å². The first-order valence-electron chi connectivity index (χ1n) is 13.7. The van der Waals surface area contributed by atoms with E-state index in [0.717, 1.165) is 18.2 Å². The normalized spacial score (nSPS) is 12.0. The van der Waals surface area contributed by atoms with Crippen LogP contribution in [0.5, 0.6) is 0 Å². The minimum atomic E-state index is -4.82. The molecule has 0 aliphatic carbocycles. The molecule has 4 N–H and O–H groups in total. The first kappa shape index (κ1) is 32.7. The summed E-state index contributed by atoms with van der Waals surface area (Å²) in [6.07, 6.45) is -5.15. The second-order valence-electron chi connectivity index (χ2n) is 10.3. The highest BCUT2D eigenvalue weighted by Gasteiger charge is 2.32. The van der Waals surface area contributed by atoms with E-state index >= 15 is 0 Å². The molecule has 2 amide bonds. The van der Waals surface area contributed by atoms with Gasteiger partial charge in [0.1, 0.15) is 5.82 Å². The van der Waals surface area contributed by atoms with Crippen LogP contribution >= 0.6 is 0 Å². The minimum absolute atomic E-state index is 0.0112. The molecule has 1 heterocycles. The number of aryl methyl sites for hydroxylation is 1. The van der Waals surface area contributed by atoms with Gasteiger partial charge in [-0.1, -0.05) is 6.07 Å². The summed E-state index contributed by atoms with van der Waals surface area (Å²) >= 11 is 0. The molecule has 1 atom stereocenters. The Balaban J connectivity index is 1.91. The fourth-order valence-electron chi connectivity index (χ4n) is 4.50. The number of carbonyl (C=O) groups excluding carboxylic acids is 3. The maximum Gasteiger partial charge on any atom is 0.416 e. The number of rotatable bonds is 9. The molecule has 9 nitrogen and oxygen atoms in total. The van der Waals surface area contributed by atoms with E-state index in [1.807, 2.05) is 0 Å². The minimum Gasteiger partial charge on any atom is -0.355 e. The summed E-state index contributed by atoms with van der Waals surface area (Å²) in [7, 11) is 2.98. The third-order valence-electron chi connectivity index (χ3n) is 7.11. The summed E-state index contributed by atoms with van der Waals surface area (Å²) in [5, 5.41) is 7.66. The molecule has 0 saturated carbocycles. The van der Waals surface area contributed by atoms with Gasteiger partial charge in [0.15, 0.2) is 11.6 Å². The number of anilines is 1. The van der Waals surface area contributed by atoms with E-state index in [9.17, 15) is 36.7 Å². The molecular weight excluding hydrogens is 594 g/mol. The van der Waals surface area contributed by atoms with E-state index in [1.54, 1.807) is 26.0 Å². The van der Waals surface area contributed by atoms with Crippen molar-refractivity contribution in [3.8, 4) is 11.3 Å². The van der Waals surface area contributed by atoms with Gasteiger partial charge in [-0.2, -0.15) is 13.2 Å². The van der Waals surface area contributed by atoms with Gasteiger partial charge in [-0.15, -0.1) is 0 Å². The molecule has 0 aliphatic heterocycles. The molecule has 4 aromatic rings. The number of ketones is 1. The number of H-pyrrole nitrogens is 1. The van der Waals surface area contributed by atoms with E-state index in [-0.39, 0.29) is 40.1 Å². The molecule has 0 unspecified atom stereocenters. The van der Waals surface area contributed by atoms with Crippen molar-refractivity contribution in [1.29, 1.82) is 0 Å². The standard InChI is InChI=1S/C32H29F4N5O4/c1-16-5-6-20(30(44)38-4)15-24(16)26-25(39-28(31(45)40-26)41-29(43)17(2)37-3)13-18-11-21(14-22(12-18)32(34,35)36)27(42)19-7-9-23(33)10-8-19/h5-12,14-15,17,37H,13H2,1-4H3,(H,38,44)(H,40,45)(H,39,41,43)/t17-/m0/s1. The van der Waals surface area contributed by atoms with Gasteiger partial charge in [-0.25, -0.2) is 9.37 Å². The van der Waals surface area contributed by atoms with E-state index in [0.29, 0.717) is 17.2 Å². The van der Waals surface area contributed by atoms with Crippen LogP contribution in [0.2, 0.25) is 0 Å². The van der Waals surface area contributed by atoms with Gasteiger partial charge in [0.2, 0.25) is 5.91 Å². The van der Waals surface area contributed by atoms with E-state index < -0.39 is 52.6 Å². The summed E-state index contributed by atoms with van der Waals surface area (Å²) in [4.78, 5) is 58.2. The zero-order valence-corrected chi connectivity index (χ0v) is 24.7. The lowest BCUT2D eigenvalue weighted by molar-refractivity contribution is -0.137. The van der Waals surface area contributed by atoms with Gasteiger partial charge in [-0.3, -0.25) is 19.2 Å². The van der Waals surface area contributed by atoms with Gasteiger partial charge in [0.05, 0.1) is 23.0 Å². The second kappa shape index (κ2) is 13.2. The molecule has 0 aliphatic rings. The van der Waals surface area contributed by atoms with Crippen LogP contribution in [-0.4, -0.2) is 47.7 Å². The molecule has 45 heavy (non-hydrogen) atoms. The highest BCUT2D eigenvalue weighted by molar-refractivity contribution is 6.09. The summed E-state index contributed by atoms with van der Waals surface area (Å²) < 4.78 is 55.5. The zero-order chi connectivity index (χ0) is 33.1. The average molecular weight is 624 g/mol. The zero-order valence-electron chi connectivity index (χ0n) is 24.7. The monoisotopic (exact) mass is 623 g/mol. The van der Waals surface area contributed by atoms with Crippen molar-refractivity contribution >= 4 is 23.4 Å². The number of carbonyl (C=O) groups is 3. The Labute approximate surface area is 255 Å². The lowest BCUT2D eigenvalue weighted by atomic mass is 9.94. The van der Waals surface area contributed by atoms with Crippen molar-refractivity contribution in [3.05, 3.63) is 116 Å². The molecule has 0 fully saturated rings. The Kier molecular flexibility index (Phi) is 9.62. The van der Waals surface area contributed by atoms with Crippen LogP contribution in [0, 0.1) is 12.7 Å². The molecule has 0 radical (unpaired) electrons. The van der Waals surface area contributed by atoms with Gasteiger partial charge < -0.3 is 20.9 Å². The third kappa shape index (κ3) is 7.50. The van der Waals surface area contributed by atoms with Crippen LogP contribution < -0.4 is 21.5 Å². The number of likely N-dealkylation sites (N-methyl/N-ethyl adjacent to an activating group) is 1. The van der Waals surface area contributed by atoms with Crippen LogP contribution in [0.25, 0.3) is 11.3 Å². The number of alkyl halides is 3. The number of benzene rings is 3. The first-order chi connectivity index (χ1) is 21.2. The van der Waals surface area contributed by atoms with Crippen molar-refractivity contribution in [3.63, 3.8) is 0 Å².